The van der Waals surface area contributed by atoms with Crippen molar-refractivity contribution in [3.05, 3.63) is 45.6 Å². The van der Waals surface area contributed by atoms with Gasteiger partial charge in [0.2, 0.25) is 10.0 Å². The molecule has 0 radical (unpaired) electrons. The van der Waals surface area contributed by atoms with Gasteiger partial charge in [-0.05, 0) is 50.1 Å². The molecule has 114 valence electrons. The number of sulfonamides is 1. The first-order chi connectivity index (χ1) is 9.81. The highest BCUT2D eigenvalue weighted by atomic mass is 32.2. The van der Waals surface area contributed by atoms with E-state index < -0.39 is 10.0 Å². The molecule has 1 aromatic carbocycles. The maximum absolute atomic E-state index is 11.4. The van der Waals surface area contributed by atoms with E-state index in [1.165, 1.54) is 15.8 Å². The van der Waals surface area contributed by atoms with E-state index in [4.69, 9.17) is 5.14 Å². The Morgan fingerprint density at radius 1 is 1.29 bits per heavy atom. The highest BCUT2D eigenvalue weighted by Gasteiger charge is 2.13. The zero-order chi connectivity index (χ0) is 15.6. The number of nitrogens with one attached hydrogen (secondary N) is 1. The van der Waals surface area contributed by atoms with Crippen LogP contribution < -0.4 is 10.5 Å². The molecule has 1 unspecified atom stereocenters. The summed E-state index contributed by atoms with van der Waals surface area (Å²) in [6.45, 7) is 6.13. The molecule has 0 bridgehead atoms. The molecular weight excluding hydrogens is 304 g/mol. The Bertz CT molecular complexity index is 736. The Kier molecular flexibility index (Phi) is 4.70. The molecule has 3 N–H and O–H groups in total. The van der Waals surface area contributed by atoms with Gasteiger partial charge in [0.05, 0.1) is 10.9 Å². The molecule has 6 heteroatoms. The molecule has 0 aliphatic carbocycles. The van der Waals surface area contributed by atoms with E-state index >= 15 is 0 Å². The summed E-state index contributed by atoms with van der Waals surface area (Å²) in [5, 5.41) is 8.55. The van der Waals surface area contributed by atoms with Crippen LogP contribution in [0.3, 0.4) is 0 Å². The molecule has 0 amide bonds. The van der Waals surface area contributed by atoms with Crippen LogP contribution in [0.1, 0.15) is 35.2 Å². The number of rotatable bonds is 5. The Morgan fingerprint density at radius 2 is 2.00 bits per heavy atom. The van der Waals surface area contributed by atoms with Gasteiger partial charge in [-0.15, -0.1) is 11.3 Å². The molecule has 0 saturated carbocycles. The lowest BCUT2D eigenvalue weighted by molar-refractivity contribution is 0.598. The number of anilines is 1. The lowest BCUT2D eigenvalue weighted by Crippen LogP contribution is -2.13. The molecule has 4 nitrogen and oxygen atoms in total. The third kappa shape index (κ3) is 3.84. The lowest BCUT2D eigenvalue weighted by atomic mass is 10.1. The molecule has 1 aromatic heterocycles. The van der Waals surface area contributed by atoms with Gasteiger partial charge in [0, 0.05) is 15.4 Å². The predicted octanol–water partition coefficient (Wildman–Crippen LogP) is 3.44. The van der Waals surface area contributed by atoms with E-state index in [2.05, 4.69) is 31.3 Å². The van der Waals surface area contributed by atoms with E-state index in [9.17, 15) is 8.42 Å². The molecule has 2 rings (SSSR count). The van der Waals surface area contributed by atoms with Crippen LogP contribution >= 0.6 is 11.3 Å². The van der Waals surface area contributed by atoms with Crippen LogP contribution in [0.5, 0.6) is 0 Å². The van der Waals surface area contributed by atoms with Crippen molar-refractivity contribution in [3.8, 4) is 0 Å². The van der Waals surface area contributed by atoms with E-state index in [1.54, 1.807) is 23.5 Å². The van der Waals surface area contributed by atoms with Gasteiger partial charge in [-0.3, -0.25) is 0 Å². The predicted molar refractivity (Wildman–Crippen MR) is 88.3 cm³/mol. The highest BCUT2D eigenvalue weighted by Crippen LogP contribution is 2.28. The first-order valence-corrected chi connectivity index (χ1v) is 9.16. The largest absolute Gasteiger partial charge is 0.377 e. The summed E-state index contributed by atoms with van der Waals surface area (Å²) in [6.07, 6.45) is 1.03. The summed E-state index contributed by atoms with van der Waals surface area (Å²) in [5.41, 5.74) is 1.78. The van der Waals surface area contributed by atoms with Gasteiger partial charge in [0.15, 0.2) is 0 Å². The molecule has 0 aliphatic rings. The fourth-order valence-corrected chi connectivity index (χ4v) is 3.55. The number of primary sulfonamides is 1. The Labute approximate surface area is 130 Å². The van der Waals surface area contributed by atoms with Crippen LogP contribution in [-0.2, 0) is 16.4 Å². The van der Waals surface area contributed by atoms with Gasteiger partial charge in [0.1, 0.15) is 0 Å². The van der Waals surface area contributed by atoms with E-state index in [0.717, 1.165) is 17.7 Å². The fourth-order valence-electron chi connectivity index (χ4n) is 2.06. The summed E-state index contributed by atoms with van der Waals surface area (Å²) in [6, 6.07) is 9.24. The molecule has 1 heterocycles. The Balaban J connectivity index is 2.26. The van der Waals surface area contributed by atoms with Crippen LogP contribution in [-0.4, -0.2) is 8.42 Å². The second-order valence-electron chi connectivity index (χ2n) is 5.05. The second kappa shape index (κ2) is 6.17. The molecule has 0 spiro atoms. The molecule has 0 aliphatic heterocycles. The van der Waals surface area contributed by atoms with Crippen molar-refractivity contribution in [2.45, 2.75) is 38.1 Å². The average Bonchev–Trinajstić information content (AvgIpc) is 2.88. The third-order valence-electron chi connectivity index (χ3n) is 3.37. The molecule has 21 heavy (non-hydrogen) atoms. The number of aryl methyl sites for hydroxylation is 2. The first kappa shape index (κ1) is 16.0. The fraction of sp³-hybridized carbons (Fsp3) is 0.333. The maximum atomic E-state index is 11.4. The Morgan fingerprint density at radius 3 is 2.57 bits per heavy atom. The average molecular weight is 324 g/mol. The molecule has 1 atom stereocenters. The summed E-state index contributed by atoms with van der Waals surface area (Å²) in [5.74, 6) is 0. The molecule has 0 fully saturated rings. The quantitative estimate of drug-likeness (QED) is 0.885. The topological polar surface area (TPSA) is 72.2 Å². The van der Waals surface area contributed by atoms with Gasteiger partial charge in [-0.1, -0.05) is 13.0 Å². The number of hydrogen-bond acceptors (Lipinski definition) is 4. The molecular formula is C15H20N2O2S2. The van der Waals surface area contributed by atoms with Crippen molar-refractivity contribution in [1.82, 2.24) is 0 Å². The van der Waals surface area contributed by atoms with E-state index in [-0.39, 0.29) is 10.9 Å². The van der Waals surface area contributed by atoms with Gasteiger partial charge in [-0.25, -0.2) is 13.6 Å². The number of benzene rings is 1. The normalized spacial score (nSPS) is 13.1. The standard InChI is InChI=1S/C15H20N2O2S2/c1-4-12-6-8-15(20-12)11(3)17-14-9-13(21(16,18)19)7-5-10(14)2/h5-9,11,17H,4H2,1-3H3,(H2,16,18,19). The monoisotopic (exact) mass is 324 g/mol. The van der Waals surface area contributed by atoms with Crippen molar-refractivity contribution in [1.29, 1.82) is 0 Å². The lowest BCUT2D eigenvalue weighted by Gasteiger charge is -2.16. The van der Waals surface area contributed by atoms with E-state index in [0.29, 0.717) is 0 Å². The Hall–Kier alpha value is -1.37. The minimum absolute atomic E-state index is 0.115. The van der Waals surface area contributed by atoms with Crippen LogP contribution in [0.2, 0.25) is 0 Å². The molecule has 2 aromatic rings. The summed E-state index contributed by atoms with van der Waals surface area (Å²) in [7, 11) is -3.68. The summed E-state index contributed by atoms with van der Waals surface area (Å²) in [4.78, 5) is 2.70. The second-order valence-corrected chi connectivity index (χ2v) is 7.81. The van der Waals surface area contributed by atoms with Crippen LogP contribution in [0, 0.1) is 6.92 Å². The van der Waals surface area contributed by atoms with Gasteiger partial charge >= 0.3 is 0 Å². The summed E-state index contributed by atoms with van der Waals surface area (Å²) >= 11 is 1.77. The first-order valence-electron chi connectivity index (χ1n) is 6.80. The maximum Gasteiger partial charge on any atom is 0.238 e. The number of thiophene rings is 1. The van der Waals surface area contributed by atoms with Crippen LogP contribution in [0.25, 0.3) is 0 Å². The zero-order valence-corrected chi connectivity index (χ0v) is 14.0. The van der Waals surface area contributed by atoms with Crippen molar-refractivity contribution >= 4 is 27.0 Å². The SMILES string of the molecule is CCc1ccc(C(C)Nc2cc(S(N)(=O)=O)ccc2C)s1. The van der Waals surface area contributed by atoms with Crippen molar-refractivity contribution < 1.29 is 8.42 Å². The van der Waals surface area contributed by atoms with Gasteiger partial charge < -0.3 is 5.32 Å². The van der Waals surface area contributed by atoms with E-state index in [1.807, 2.05) is 6.92 Å². The van der Waals surface area contributed by atoms with Gasteiger partial charge in [0.25, 0.3) is 0 Å². The minimum atomic E-state index is -3.68. The number of nitrogens with two attached hydrogens (primary N) is 1. The van der Waals surface area contributed by atoms with Gasteiger partial charge in [-0.2, -0.15) is 0 Å². The number of hydrogen-bond donors (Lipinski definition) is 2. The van der Waals surface area contributed by atoms with Crippen LogP contribution in [0.4, 0.5) is 5.69 Å². The van der Waals surface area contributed by atoms with Crippen molar-refractivity contribution in [2.75, 3.05) is 5.32 Å². The highest BCUT2D eigenvalue weighted by molar-refractivity contribution is 7.89. The van der Waals surface area contributed by atoms with Crippen molar-refractivity contribution in [2.24, 2.45) is 5.14 Å². The minimum Gasteiger partial charge on any atom is -0.377 e. The smallest absolute Gasteiger partial charge is 0.238 e. The third-order valence-corrected chi connectivity index (χ3v) is 5.69. The zero-order valence-electron chi connectivity index (χ0n) is 12.4. The molecule has 0 saturated heterocycles. The van der Waals surface area contributed by atoms with Crippen LogP contribution in [0.15, 0.2) is 35.2 Å². The van der Waals surface area contributed by atoms with Crippen molar-refractivity contribution in [3.63, 3.8) is 0 Å². The summed E-state index contributed by atoms with van der Waals surface area (Å²) < 4.78 is 22.9.